The van der Waals surface area contributed by atoms with Gasteiger partial charge in [0.2, 0.25) is 17.8 Å². The lowest BCUT2D eigenvalue weighted by atomic mass is 10.0. The number of hydrogen-bond donors (Lipinski definition) is 1. The van der Waals surface area contributed by atoms with Crippen molar-refractivity contribution in [3.63, 3.8) is 0 Å². The van der Waals surface area contributed by atoms with Gasteiger partial charge in [-0.3, -0.25) is 4.79 Å². The smallest absolute Gasteiger partial charge is 0.245 e. The minimum Gasteiger partial charge on any atom is -0.375 e. The van der Waals surface area contributed by atoms with E-state index in [0.29, 0.717) is 72.0 Å². The van der Waals surface area contributed by atoms with Crippen LogP contribution in [0.3, 0.4) is 0 Å². The zero-order chi connectivity index (χ0) is 38.8. The number of ether oxygens (including phenoxy) is 1. The predicted molar refractivity (Wildman–Crippen MR) is 200 cm³/mol. The Morgan fingerprint density at radius 2 is 1.84 bits per heavy atom. The number of aryl methyl sites for hydroxylation is 1. The Morgan fingerprint density at radius 3 is 2.62 bits per heavy atom. The number of nitriles is 1. The van der Waals surface area contributed by atoms with Crippen LogP contribution in [-0.4, -0.2) is 108 Å². The van der Waals surface area contributed by atoms with E-state index in [2.05, 4.69) is 26.5 Å². The molecule has 1 amide bonds. The monoisotopic (exact) mass is 763 g/mol. The summed E-state index contributed by atoms with van der Waals surface area (Å²) >= 11 is 0. The van der Waals surface area contributed by atoms with Gasteiger partial charge in [0, 0.05) is 69.8 Å². The van der Waals surface area contributed by atoms with Gasteiger partial charge in [0.1, 0.15) is 35.0 Å². The van der Waals surface area contributed by atoms with E-state index in [4.69, 9.17) is 19.7 Å². The number of carbonyl (C=O) groups excluding carboxylic acids is 1. The van der Waals surface area contributed by atoms with E-state index in [-0.39, 0.29) is 54.2 Å². The lowest BCUT2D eigenvalue weighted by Gasteiger charge is -2.36. The fourth-order valence-electron chi connectivity index (χ4n) is 7.99. The number of carbonyl (C=O) groups is 1. The summed E-state index contributed by atoms with van der Waals surface area (Å²) in [5.41, 5.74) is 2.44. The number of halogens is 3. The van der Waals surface area contributed by atoms with Crippen LogP contribution in [0.15, 0.2) is 48.8 Å². The van der Waals surface area contributed by atoms with Crippen LogP contribution < -0.4 is 15.1 Å². The van der Waals surface area contributed by atoms with Gasteiger partial charge < -0.3 is 29.3 Å². The van der Waals surface area contributed by atoms with Crippen molar-refractivity contribution in [1.29, 1.82) is 5.26 Å². The summed E-state index contributed by atoms with van der Waals surface area (Å²) in [5, 5.41) is 17.8. The number of hydrogen-bond acceptors (Lipinski definition) is 12. The van der Waals surface area contributed by atoms with E-state index in [1.807, 2.05) is 28.2 Å². The van der Waals surface area contributed by atoms with Gasteiger partial charge in [-0.1, -0.05) is 0 Å². The molecule has 2 fully saturated rings. The van der Waals surface area contributed by atoms with Crippen molar-refractivity contribution in [3.8, 4) is 23.0 Å². The van der Waals surface area contributed by atoms with Crippen molar-refractivity contribution in [3.05, 3.63) is 72.1 Å². The SMILES string of the molecule is CCO[C@H]1CN(C)C(=O)[C@@H]2C[C@@H](CN2c2nc(N3CC(C#N)C3)nc3c2cnn3-c2ccc(F)cc2F)Nc2nccc(n2)-c2cc(F)cc3nc(C)n(c23)C1. The Hall–Kier alpha value is -6.35. The van der Waals surface area contributed by atoms with Gasteiger partial charge in [-0.2, -0.15) is 20.3 Å². The predicted octanol–water partition coefficient (Wildman–Crippen LogP) is 4.24. The first-order chi connectivity index (χ1) is 27.1. The molecule has 2 saturated heterocycles. The van der Waals surface area contributed by atoms with Gasteiger partial charge >= 0.3 is 0 Å². The van der Waals surface area contributed by atoms with Crippen LogP contribution in [-0.2, 0) is 16.1 Å². The fraction of sp³-hybridized carbons (Fsp3) is 0.368. The molecule has 0 saturated carbocycles. The van der Waals surface area contributed by atoms with Gasteiger partial charge in [0.25, 0.3) is 0 Å². The highest BCUT2D eigenvalue weighted by molar-refractivity contribution is 5.94. The molecule has 6 aromatic rings. The van der Waals surface area contributed by atoms with Gasteiger partial charge in [-0.15, -0.1) is 0 Å². The second kappa shape index (κ2) is 13.7. The number of likely N-dealkylation sites (N-methyl/N-ethyl adjacent to an activating group) is 1. The number of rotatable bonds is 5. The highest BCUT2D eigenvalue weighted by atomic mass is 19.1. The molecule has 286 valence electrons. The number of aromatic nitrogens is 8. The van der Waals surface area contributed by atoms with Crippen molar-refractivity contribution in [2.45, 2.75) is 45.0 Å². The molecule has 56 heavy (non-hydrogen) atoms. The molecule has 1 N–H and O–H groups in total. The third-order valence-electron chi connectivity index (χ3n) is 10.6. The maximum Gasteiger partial charge on any atom is 0.245 e. The summed E-state index contributed by atoms with van der Waals surface area (Å²) in [7, 11) is 1.73. The zero-order valence-corrected chi connectivity index (χ0v) is 30.7. The fourth-order valence-corrected chi connectivity index (χ4v) is 7.99. The first-order valence-electron chi connectivity index (χ1n) is 18.3. The molecule has 7 heterocycles. The molecule has 4 aromatic heterocycles. The van der Waals surface area contributed by atoms with Crippen LogP contribution in [0.25, 0.3) is 39.0 Å². The van der Waals surface area contributed by atoms with E-state index in [0.717, 1.165) is 12.1 Å². The van der Waals surface area contributed by atoms with E-state index < -0.39 is 29.6 Å². The van der Waals surface area contributed by atoms with E-state index in [1.54, 1.807) is 24.2 Å². The number of nitrogens with one attached hydrogen (secondary N) is 1. The average molecular weight is 764 g/mol. The van der Waals surface area contributed by atoms with E-state index >= 15 is 8.78 Å². The van der Waals surface area contributed by atoms with Crippen molar-refractivity contribution in [2.24, 2.45) is 5.92 Å². The number of nitrogens with zero attached hydrogens (tertiary/aromatic N) is 12. The summed E-state index contributed by atoms with van der Waals surface area (Å²) in [5.74, 6) is -0.833. The maximum atomic E-state index is 15.2. The Labute approximate surface area is 318 Å². The zero-order valence-electron chi connectivity index (χ0n) is 30.7. The molecule has 2 aromatic carbocycles. The standard InChI is InChI=1S/C38H36F3N13O2/c1-4-56-25-18-50(3)36(55)32-12-24(46-37-43-8-7-29(47-37)26-9-23(40)11-30-33(26)52(19-25)20(2)45-30)17-53(32)34-27-14-44-54(31-6-5-22(39)10-28(31)41)35(27)49-38(48-34)51-15-21(13-42)16-51/h5-11,14,21,24-25,32H,4,12,15-19H2,1-3H3,(H,43,46,47)/t24-,25-,32-/m0/s1. The van der Waals surface area contributed by atoms with Gasteiger partial charge in [0.15, 0.2) is 11.5 Å². The quantitative estimate of drug-likeness (QED) is 0.267. The minimum absolute atomic E-state index is 0.0175. The number of amides is 1. The van der Waals surface area contributed by atoms with Crippen LogP contribution >= 0.6 is 0 Å². The highest BCUT2D eigenvalue weighted by Crippen LogP contribution is 2.37. The summed E-state index contributed by atoms with van der Waals surface area (Å²) < 4.78 is 53.7. The first kappa shape index (κ1) is 35.4. The third kappa shape index (κ3) is 6.08. The lowest BCUT2D eigenvalue weighted by Crippen LogP contribution is -2.48. The average Bonchev–Trinajstić information content (AvgIpc) is 3.85. The van der Waals surface area contributed by atoms with Crippen molar-refractivity contribution >= 4 is 45.7 Å². The van der Waals surface area contributed by atoms with Gasteiger partial charge in [-0.05, 0) is 44.5 Å². The number of fused-ring (bicyclic) bond motifs is 6. The summed E-state index contributed by atoms with van der Waals surface area (Å²) in [6, 6.07) is 8.90. The molecule has 0 radical (unpaired) electrons. The normalized spacial score (nSPS) is 20.2. The molecule has 3 atom stereocenters. The summed E-state index contributed by atoms with van der Waals surface area (Å²) in [6.07, 6.45) is 2.97. The second-order valence-corrected chi connectivity index (χ2v) is 14.4. The Morgan fingerprint density at radius 1 is 1.00 bits per heavy atom. The summed E-state index contributed by atoms with van der Waals surface area (Å²) in [6.45, 7) is 5.73. The molecule has 3 aliphatic heterocycles. The maximum absolute atomic E-state index is 15.2. The molecule has 18 heteroatoms. The second-order valence-electron chi connectivity index (χ2n) is 14.4. The molecular weight excluding hydrogens is 728 g/mol. The van der Waals surface area contributed by atoms with Crippen LogP contribution in [0.4, 0.5) is 30.9 Å². The molecule has 0 aliphatic carbocycles. The van der Waals surface area contributed by atoms with E-state index in [9.17, 15) is 14.4 Å². The minimum atomic E-state index is -0.832. The van der Waals surface area contributed by atoms with Crippen LogP contribution in [0.5, 0.6) is 0 Å². The van der Waals surface area contributed by atoms with Gasteiger partial charge in [-0.25, -0.2) is 32.8 Å². The Bertz CT molecular complexity index is 2560. The van der Waals surface area contributed by atoms with Crippen molar-refractivity contribution in [1.82, 2.24) is 44.2 Å². The summed E-state index contributed by atoms with van der Waals surface area (Å²) in [4.78, 5) is 43.8. The molecule has 0 spiro atoms. The molecule has 4 bridgehead atoms. The van der Waals surface area contributed by atoms with Gasteiger partial charge in [0.05, 0.1) is 52.9 Å². The number of benzene rings is 2. The van der Waals surface area contributed by atoms with Crippen molar-refractivity contribution < 1.29 is 22.7 Å². The largest absolute Gasteiger partial charge is 0.375 e. The third-order valence-corrected chi connectivity index (χ3v) is 10.6. The highest BCUT2D eigenvalue weighted by Gasteiger charge is 2.42. The number of anilines is 3. The molecule has 0 unspecified atom stereocenters. The van der Waals surface area contributed by atoms with Crippen molar-refractivity contribution in [2.75, 3.05) is 55.0 Å². The van der Waals surface area contributed by atoms with Crippen LogP contribution in [0.2, 0.25) is 0 Å². The lowest BCUT2D eigenvalue weighted by molar-refractivity contribution is -0.133. The molecule has 9 rings (SSSR count). The molecule has 3 aliphatic rings. The van der Waals surface area contributed by atoms with Crippen LogP contribution in [0, 0.1) is 41.6 Å². The molecule has 15 nitrogen and oxygen atoms in total. The van der Waals surface area contributed by atoms with Crippen LogP contribution in [0.1, 0.15) is 19.2 Å². The Kier molecular flexibility index (Phi) is 8.68. The topological polar surface area (TPSA) is 159 Å². The molecular formula is C38H36F3N13O2. The number of imidazole rings is 1. The van der Waals surface area contributed by atoms with E-state index in [1.165, 1.54) is 29.1 Å². The first-order valence-corrected chi connectivity index (χ1v) is 18.3. The Balaban J connectivity index is 1.17.